The summed E-state index contributed by atoms with van der Waals surface area (Å²) in [6.45, 7) is 5.52. The smallest absolute Gasteiger partial charge is 0.332 e. The number of nitrogens with two attached hydrogens (primary N) is 1. The van der Waals surface area contributed by atoms with Gasteiger partial charge in [0, 0.05) is 50.6 Å². The summed E-state index contributed by atoms with van der Waals surface area (Å²) in [5.41, 5.74) is 6.86. The number of piperazine rings is 1. The van der Waals surface area contributed by atoms with E-state index in [1.54, 1.807) is 13.0 Å². The summed E-state index contributed by atoms with van der Waals surface area (Å²) in [6.07, 6.45) is 4.73. The largest absolute Gasteiger partial charge is 0.461 e. The van der Waals surface area contributed by atoms with Crippen molar-refractivity contribution in [3.63, 3.8) is 0 Å². The Balaban J connectivity index is 1.69. The Bertz CT molecular complexity index is 629. The van der Waals surface area contributed by atoms with Crippen LogP contribution in [-0.2, 0) is 14.3 Å². The van der Waals surface area contributed by atoms with Crippen LogP contribution < -0.4 is 5.73 Å². The summed E-state index contributed by atoms with van der Waals surface area (Å²) in [4.78, 5) is 27.6. The van der Waals surface area contributed by atoms with Gasteiger partial charge in [-0.25, -0.2) is 4.79 Å². The standard InChI is InChI=1S/C19H25N3O3/c1-16(20)15-19(24)25-14-13-21-9-11-22(12-10-21)18(23)8-7-17-5-3-2-4-6-17/h2-8,15H,9-14,20H2,1H3. The third kappa shape index (κ3) is 6.81. The van der Waals surface area contributed by atoms with Crippen molar-refractivity contribution in [3.05, 3.63) is 53.7 Å². The first-order valence-corrected chi connectivity index (χ1v) is 8.39. The van der Waals surface area contributed by atoms with Crippen molar-refractivity contribution in [3.8, 4) is 0 Å². The van der Waals surface area contributed by atoms with Gasteiger partial charge in [0.2, 0.25) is 5.91 Å². The Labute approximate surface area is 148 Å². The molecule has 1 aliphatic heterocycles. The van der Waals surface area contributed by atoms with Gasteiger partial charge in [-0.15, -0.1) is 0 Å². The van der Waals surface area contributed by atoms with E-state index in [0.717, 1.165) is 18.7 Å². The molecule has 1 aromatic carbocycles. The zero-order chi connectivity index (χ0) is 18.1. The first-order valence-electron chi connectivity index (χ1n) is 8.39. The first kappa shape index (κ1) is 18.7. The van der Waals surface area contributed by atoms with Gasteiger partial charge in [0.05, 0.1) is 0 Å². The normalized spacial score (nSPS) is 16.2. The highest BCUT2D eigenvalue weighted by atomic mass is 16.5. The first-order chi connectivity index (χ1) is 12.0. The molecule has 1 saturated heterocycles. The average molecular weight is 343 g/mol. The molecule has 0 aliphatic carbocycles. The summed E-state index contributed by atoms with van der Waals surface area (Å²) in [7, 11) is 0. The van der Waals surface area contributed by atoms with Crippen LogP contribution in [0.1, 0.15) is 12.5 Å². The second kappa shape index (κ2) is 9.64. The minimum absolute atomic E-state index is 0.0264. The van der Waals surface area contributed by atoms with Crippen molar-refractivity contribution in [2.75, 3.05) is 39.3 Å². The number of ether oxygens (including phenoxy) is 1. The van der Waals surface area contributed by atoms with Crippen LogP contribution in [0.25, 0.3) is 6.08 Å². The van der Waals surface area contributed by atoms with Gasteiger partial charge in [0.25, 0.3) is 0 Å². The summed E-state index contributed by atoms with van der Waals surface area (Å²) >= 11 is 0. The molecule has 0 aromatic heterocycles. The topological polar surface area (TPSA) is 75.9 Å². The zero-order valence-corrected chi connectivity index (χ0v) is 14.6. The molecule has 1 aliphatic rings. The van der Waals surface area contributed by atoms with Gasteiger partial charge < -0.3 is 15.4 Å². The van der Waals surface area contributed by atoms with E-state index in [1.807, 2.05) is 41.3 Å². The molecule has 6 heteroatoms. The molecular weight excluding hydrogens is 318 g/mol. The van der Waals surface area contributed by atoms with Crippen molar-refractivity contribution in [2.24, 2.45) is 5.73 Å². The molecule has 0 unspecified atom stereocenters. The summed E-state index contributed by atoms with van der Waals surface area (Å²) in [6, 6.07) is 9.76. The molecule has 0 atom stereocenters. The number of hydrogen-bond acceptors (Lipinski definition) is 5. The maximum absolute atomic E-state index is 12.2. The van der Waals surface area contributed by atoms with E-state index in [9.17, 15) is 9.59 Å². The molecule has 1 fully saturated rings. The molecule has 0 bridgehead atoms. The van der Waals surface area contributed by atoms with Crippen molar-refractivity contribution in [1.82, 2.24) is 9.80 Å². The van der Waals surface area contributed by atoms with Crippen LogP contribution >= 0.6 is 0 Å². The third-order valence-corrected chi connectivity index (χ3v) is 3.90. The molecule has 6 nitrogen and oxygen atoms in total. The lowest BCUT2D eigenvalue weighted by molar-refractivity contribution is -0.138. The molecule has 1 aromatic rings. The van der Waals surface area contributed by atoms with Crippen LogP contribution in [0.15, 0.2) is 48.2 Å². The number of esters is 1. The monoisotopic (exact) mass is 343 g/mol. The van der Waals surface area contributed by atoms with Gasteiger partial charge in [-0.2, -0.15) is 0 Å². The van der Waals surface area contributed by atoms with Crippen molar-refractivity contribution in [2.45, 2.75) is 6.92 Å². The van der Waals surface area contributed by atoms with Gasteiger partial charge in [-0.1, -0.05) is 30.3 Å². The maximum atomic E-state index is 12.2. The molecule has 0 saturated carbocycles. The number of rotatable bonds is 6. The van der Waals surface area contributed by atoms with Gasteiger partial charge >= 0.3 is 5.97 Å². The number of nitrogens with zero attached hydrogens (tertiary/aromatic N) is 2. The Morgan fingerprint density at radius 2 is 1.84 bits per heavy atom. The van der Waals surface area contributed by atoms with E-state index in [2.05, 4.69) is 4.90 Å². The van der Waals surface area contributed by atoms with Crippen LogP contribution in [0.4, 0.5) is 0 Å². The van der Waals surface area contributed by atoms with Crippen molar-refractivity contribution < 1.29 is 14.3 Å². The average Bonchev–Trinajstić information content (AvgIpc) is 2.60. The molecule has 1 amide bonds. The highest BCUT2D eigenvalue weighted by molar-refractivity contribution is 5.91. The Morgan fingerprint density at radius 1 is 1.16 bits per heavy atom. The van der Waals surface area contributed by atoms with E-state index in [4.69, 9.17) is 10.5 Å². The number of benzene rings is 1. The van der Waals surface area contributed by atoms with Crippen LogP contribution in [0, 0.1) is 0 Å². The molecule has 2 rings (SSSR count). The summed E-state index contributed by atoms with van der Waals surface area (Å²) in [5.74, 6) is -0.390. The van der Waals surface area contributed by atoms with Gasteiger partial charge in [0.15, 0.2) is 0 Å². The maximum Gasteiger partial charge on any atom is 0.332 e. The third-order valence-electron chi connectivity index (χ3n) is 3.90. The highest BCUT2D eigenvalue weighted by Gasteiger charge is 2.19. The molecule has 134 valence electrons. The number of allylic oxidation sites excluding steroid dienone is 1. The van der Waals surface area contributed by atoms with Gasteiger partial charge in [-0.3, -0.25) is 9.69 Å². The molecular formula is C19H25N3O3. The second-order valence-electron chi connectivity index (χ2n) is 5.97. The highest BCUT2D eigenvalue weighted by Crippen LogP contribution is 2.05. The minimum atomic E-state index is -0.417. The zero-order valence-electron chi connectivity index (χ0n) is 14.6. The molecule has 2 N–H and O–H groups in total. The predicted octanol–water partition coefficient (Wildman–Crippen LogP) is 1.25. The van der Waals surface area contributed by atoms with Crippen molar-refractivity contribution in [1.29, 1.82) is 0 Å². The number of carbonyl (C=O) groups is 2. The fourth-order valence-electron chi connectivity index (χ4n) is 2.53. The van der Waals surface area contributed by atoms with E-state index in [-0.39, 0.29) is 5.91 Å². The Morgan fingerprint density at radius 3 is 2.48 bits per heavy atom. The Hall–Kier alpha value is -2.60. The molecule has 1 heterocycles. The SMILES string of the molecule is CC(N)=CC(=O)OCCN1CCN(C(=O)C=Cc2ccccc2)CC1. The lowest BCUT2D eigenvalue weighted by atomic mass is 10.2. The number of amides is 1. The summed E-state index contributed by atoms with van der Waals surface area (Å²) < 4.78 is 5.09. The fraction of sp³-hybridized carbons (Fsp3) is 0.368. The quantitative estimate of drug-likeness (QED) is 0.621. The van der Waals surface area contributed by atoms with E-state index in [1.165, 1.54) is 6.08 Å². The Kier molecular flexibility index (Phi) is 7.22. The molecule has 0 spiro atoms. The lowest BCUT2D eigenvalue weighted by Gasteiger charge is -2.34. The van der Waals surface area contributed by atoms with Crippen LogP contribution in [0.2, 0.25) is 0 Å². The van der Waals surface area contributed by atoms with Crippen LogP contribution in [0.5, 0.6) is 0 Å². The molecule has 0 radical (unpaired) electrons. The van der Waals surface area contributed by atoms with Crippen molar-refractivity contribution >= 4 is 18.0 Å². The van der Waals surface area contributed by atoms with E-state index >= 15 is 0 Å². The van der Waals surface area contributed by atoms with Crippen LogP contribution in [-0.4, -0.2) is 61.0 Å². The van der Waals surface area contributed by atoms with E-state index in [0.29, 0.717) is 31.9 Å². The number of hydrogen-bond donors (Lipinski definition) is 1. The fourth-order valence-corrected chi connectivity index (χ4v) is 2.53. The predicted molar refractivity (Wildman–Crippen MR) is 97.4 cm³/mol. The van der Waals surface area contributed by atoms with Gasteiger partial charge in [-0.05, 0) is 18.6 Å². The second-order valence-corrected chi connectivity index (χ2v) is 5.97. The summed E-state index contributed by atoms with van der Waals surface area (Å²) in [5, 5.41) is 0. The van der Waals surface area contributed by atoms with Crippen LogP contribution in [0.3, 0.4) is 0 Å². The lowest BCUT2D eigenvalue weighted by Crippen LogP contribution is -2.49. The van der Waals surface area contributed by atoms with E-state index < -0.39 is 5.97 Å². The minimum Gasteiger partial charge on any atom is -0.461 e. The molecule has 25 heavy (non-hydrogen) atoms. The number of carbonyl (C=O) groups excluding carboxylic acids is 2. The van der Waals surface area contributed by atoms with Gasteiger partial charge in [0.1, 0.15) is 6.61 Å².